The van der Waals surface area contributed by atoms with Crippen LogP contribution in [0.3, 0.4) is 0 Å². The fraction of sp³-hybridized carbons (Fsp3) is 0.714. The molecule has 3 aliphatic heterocycles. The van der Waals surface area contributed by atoms with E-state index in [0.29, 0.717) is 0 Å². The quantitative estimate of drug-likeness (QED) is 0.150. The van der Waals surface area contributed by atoms with Gasteiger partial charge in [0.15, 0.2) is 11.9 Å². The Bertz CT molecular complexity index is 887. The lowest BCUT2D eigenvalue weighted by Gasteiger charge is -2.45. The summed E-state index contributed by atoms with van der Waals surface area (Å²) in [5, 5.41) is 101. The maximum Gasteiger partial charge on any atom is 0.293 e. The van der Waals surface area contributed by atoms with Crippen LogP contribution in [0, 0.1) is 0 Å². The molecule has 10 N–H and O–H groups in total. The molecule has 15 nitrogen and oxygen atoms in total. The molecule has 204 valence electrons. The highest BCUT2D eigenvalue weighted by molar-refractivity contribution is 5.53. The first kappa shape index (κ1) is 27.3. The van der Waals surface area contributed by atoms with Gasteiger partial charge in [0.25, 0.3) is 5.95 Å². The summed E-state index contributed by atoms with van der Waals surface area (Å²) in [5.74, 6) is -0.469. The van der Waals surface area contributed by atoms with Crippen LogP contribution in [-0.2, 0) is 23.7 Å². The number of fused-ring (bicyclic) bond motifs is 1. The van der Waals surface area contributed by atoms with Crippen molar-refractivity contribution in [1.82, 2.24) is 0 Å². The number of hydrogen-bond acceptors (Lipinski definition) is 15. The van der Waals surface area contributed by atoms with Gasteiger partial charge < -0.3 is 74.7 Å². The first-order valence-electron chi connectivity index (χ1n) is 11.1. The summed E-state index contributed by atoms with van der Waals surface area (Å²) in [6.07, 6.45) is -14.6. The lowest BCUT2D eigenvalue weighted by atomic mass is 9.89. The Hall–Kier alpha value is -1.70. The van der Waals surface area contributed by atoms with Crippen LogP contribution in [0.4, 0.5) is 0 Å². The van der Waals surface area contributed by atoms with Crippen molar-refractivity contribution in [2.45, 2.75) is 73.1 Å². The minimum Gasteiger partial charge on any atom is -0.434 e. The molecular weight excluding hydrogens is 492 g/mol. The van der Waals surface area contributed by atoms with Gasteiger partial charge in [-0.15, -0.1) is 0 Å². The Kier molecular flexibility index (Phi) is 8.04. The average molecular weight is 522 g/mol. The van der Waals surface area contributed by atoms with Crippen molar-refractivity contribution in [3.05, 3.63) is 35.5 Å². The third kappa shape index (κ3) is 4.45. The maximum atomic E-state index is 10.9. The molecule has 1 aliphatic carbocycles. The molecule has 0 radical (unpaired) electrons. The van der Waals surface area contributed by atoms with Crippen LogP contribution >= 0.6 is 0 Å². The number of aliphatic hydroxyl groups excluding tert-OH is 10. The third-order valence-corrected chi connectivity index (χ3v) is 6.61. The summed E-state index contributed by atoms with van der Waals surface area (Å²) in [6, 6.07) is 0. The van der Waals surface area contributed by atoms with Crippen molar-refractivity contribution in [1.29, 1.82) is 0 Å². The Morgan fingerprint density at radius 2 is 1.31 bits per heavy atom. The van der Waals surface area contributed by atoms with Crippen molar-refractivity contribution in [2.24, 2.45) is 0 Å². The molecule has 12 atom stereocenters. The van der Waals surface area contributed by atoms with Crippen molar-refractivity contribution in [3.63, 3.8) is 0 Å². The van der Waals surface area contributed by atoms with E-state index in [1.165, 1.54) is 12.2 Å². The smallest absolute Gasteiger partial charge is 0.293 e. The second-order valence-corrected chi connectivity index (χ2v) is 8.80. The largest absolute Gasteiger partial charge is 0.434 e. The molecule has 0 aromatic heterocycles. The van der Waals surface area contributed by atoms with Gasteiger partial charge in [0, 0.05) is 0 Å². The van der Waals surface area contributed by atoms with Crippen LogP contribution in [-0.4, -0.2) is 144 Å². The average Bonchev–Trinajstić information content (AvgIpc) is 3.16. The zero-order valence-electron chi connectivity index (χ0n) is 18.7. The molecule has 0 aromatic carbocycles. The fourth-order valence-electron chi connectivity index (χ4n) is 4.54. The number of aliphatic hydroxyl groups is 10. The maximum absolute atomic E-state index is 10.9. The topological polar surface area (TPSA) is 248 Å². The van der Waals surface area contributed by atoms with Crippen molar-refractivity contribution in [3.8, 4) is 0 Å². The van der Waals surface area contributed by atoms with Gasteiger partial charge >= 0.3 is 0 Å². The van der Waals surface area contributed by atoms with E-state index in [0.717, 1.165) is 6.26 Å². The summed E-state index contributed by atoms with van der Waals surface area (Å²) in [5.41, 5.74) is -2.04. The molecular formula is C21H30O15. The van der Waals surface area contributed by atoms with E-state index in [1.54, 1.807) is 0 Å². The predicted octanol–water partition coefficient (Wildman–Crippen LogP) is -5.59. The van der Waals surface area contributed by atoms with Crippen LogP contribution in [0.2, 0.25) is 0 Å². The van der Waals surface area contributed by atoms with Crippen LogP contribution < -0.4 is 0 Å². The highest BCUT2D eigenvalue weighted by atomic mass is 16.8. The van der Waals surface area contributed by atoms with E-state index in [1.807, 2.05) is 0 Å². The Balaban J connectivity index is 1.67. The van der Waals surface area contributed by atoms with Gasteiger partial charge in [0.05, 0.1) is 31.7 Å². The Morgan fingerprint density at radius 1 is 0.750 bits per heavy atom. The first-order valence-corrected chi connectivity index (χ1v) is 11.1. The molecule has 0 spiro atoms. The number of rotatable bonds is 7. The summed E-state index contributed by atoms with van der Waals surface area (Å²) in [7, 11) is 0. The number of ether oxygens (including phenoxy) is 5. The van der Waals surface area contributed by atoms with Gasteiger partial charge in [-0.3, -0.25) is 0 Å². The van der Waals surface area contributed by atoms with Crippen LogP contribution in [0.25, 0.3) is 0 Å². The summed E-state index contributed by atoms with van der Waals surface area (Å²) in [4.78, 5) is 0. The zero-order valence-corrected chi connectivity index (χ0v) is 18.7. The first-order chi connectivity index (χ1) is 17.1. The SMILES string of the molecule is OCC1=C[C@@H](O)[C@]2(O[C@@H]3O[C@H](CO)[C@@H](O)[C@H](O)[C@H]3O)C=COC(O[C@@H]3O[C@H](CO)[C@@H](O)[C@H](O)[C@H]3O)=C12. The van der Waals surface area contributed by atoms with Gasteiger partial charge in [-0.05, 0) is 17.7 Å². The monoisotopic (exact) mass is 522 g/mol. The van der Waals surface area contributed by atoms with Crippen LogP contribution in [0.15, 0.2) is 35.5 Å². The minimum atomic E-state index is -1.95. The van der Waals surface area contributed by atoms with E-state index in [9.17, 15) is 51.1 Å². The van der Waals surface area contributed by atoms with Gasteiger partial charge in [-0.25, -0.2) is 0 Å². The van der Waals surface area contributed by atoms with Crippen molar-refractivity contribution >= 4 is 0 Å². The summed E-state index contributed by atoms with van der Waals surface area (Å²) >= 11 is 0. The molecule has 0 aromatic rings. The molecule has 0 bridgehead atoms. The lowest BCUT2D eigenvalue weighted by Crippen LogP contribution is -2.62. The molecule has 0 unspecified atom stereocenters. The minimum absolute atomic E-state index is 0.0380. The van der Waals surface area contributed by atoms with Crippen LogP contribution in [0.1, 0.15) is 0 Å². The number of hydrogen-bond donors (Lipinski definition) is 10. The molecule has 2 saturated heterocycles. The van der Waals surface area contributed by atoms with Gasteiger partial charge in [-0.2, -0.15) is 0 Å². The van der Waals surface area contributed by atoms with Gasteiger partial charge in [-0.1, -0.05) is 0 Å². The lowest BCUT2D eigenvalue weighted by molar-refractivity contribution is -0.323. The fourth-order valence-corrected chi connectivity index (χ4v) is 4.54. The van der Waals surface area contributed by atoms with Gasteiger partial charge in [0.1, 0.15) is 54.9 Å². The molecule has 3 heterocycles. The van der Waals surface area contributed by atoms with E-state index in [2.05, 4.69) is 0 Å². The second kappa shape index (κ2) is 10.6. The molecule has 36 heavy (non-hydrogen) atoms. The molecule has 4 aliphatic rings. The van der Waals surface area contributed by atoms with E-state index in [4.69, 9.17) is 23.7 Å². The van der Waals surface area contributed by atoms with Gasteiger partial charge in [0.2, 0.25) is 6.29 Å². The Labute approximate surface area is 203 Å². The van der Waals surface area contributed by atoms with Crippen molar-refractivity contribution < 1.29 is 74.7 Å². The van der Waals surface area contributed by atoms with E-state index in [-0.39, 0.29) is 11.1 Å². The zero-order chi connectivity index (χ0) is 26.4. The standard InChI is InChI=1S/C21H30O15/c22-4-7-3-10(25)21(36-20-17(31)15(29)13(27)9(6-24)34-20)1-2-32-18(11(7)21)35-19-16(30)14(28)12(26)8(5-23)33-19/h1-3,8-10,12-17,19-20,22-31H,4-6H2/t8-,9-,10-,12-,13-,14+,15+,16-,17-,19+,20+,21-/m1/s1. The highest BCUT2D eigenvalue weighted by Crippen LogP contribution is 2.46. The van der Waals surface area contributed by atoms with Crippen molar-refractivity contribution in [2.75, 3.05) is 19.8 Å². The molecule has 2 fully saturated rings. The molecule has 0 amide bonds. The Morgan fingerprint density at radius 3 is 1.86 bits per heavy atom. The summed E-state index contributed by atoms with van der Waals surface area (Å²) < 4.78 is 27.6. The van der Waals surface area contributed by atoms with E-state index < -0.39 is 98.9 Å². The van der Waals surface area contributed by atoms with E-state index >= 15 is 0 Å². The second-order valence-electron chi connectivity index (χ2n) is 8.80. The summed E-state index contributed by atoms with van der Waals surface area (Å²) in [6.45, 7) is -2.11. The highest BCUT2D eigenvalue weighted by Gasteiger charge is 2.56. The molecule has 15 heteroatoms. The molecule has 4 rings (SSSR count). The molecule has 0 saturated carbocycles. The predicted molar refractivity (Wildman–Crippen MR) is 111 cm³/mol. The third-order valence-electron chi connectivity index (χ3n) is 6.61. The van der Waals surface area contributed by atoms with Crippen LogP contribution in [0.5, 0.6) is 0 Å². The normalized spacial score (nSPS) is 46.8.